The quantitative estimate of drug-likeness (QED) is 0.159. The van der Waals surface area contributed by atoms with Crippen molar-refractivity contribution in [1.29, 1.82) is 0 Å². The third kappa shape index (κ3) is 6.94. The van der Waals surface area contributed by atoms with Gasteiger partial charge in [-0.1, -0.05) is 187 Å². The lowest BCUT2D eigenvalue weighted by molar-refractivity contribution is 0.332. The maximum atomic E-state index is 2.82. The topological polar surface area (TPSA) is 6.48 Å². The van der Waals surface area contributed by atoms with Crippen LogP contribution in [0.3, 0.4) is 0 Å². The third-order valence-electron chi connectivity index (χ3n) is 20.7. The first-order valence-corrected chi connectivity index (χ1v) is 28.8. The van der Waals surface area contributed by atoms with Gasteiger partial charge in [-0.2, -0.15) is 0 Å². The van der Waals surface area contributed by atoms with Crippen molar-refractivity contribution in [2.75, 3.05) is 9.80 Å². The number of benzene rings is 6. The van der Waals surface area contributed by atoms with E-state index in [2.05, 4.69) is 239 Å². The summed E-state index contributed by atoms with van der Waals surface area (Å²) < 4.78 is 0. The Hall–Kier alpha value is -5.02. The molecule has 384 valence electrons. The van der Waals surface area contributed by atoms with Crippen LogP contribution in [-0.2, 0) is 48.7 Å². The summed E-state index contributed by atoms with van der Waals surface area (Å²) in [5.41, 5.74) is 29.9. The molecule has 0 aromatic heterocycles. The van der Waals surface area contributed by atoms with Gasteiger partial charge in [0.05, 0.1) is 5.69 Å². The lowest BCUT2D eigenvalue weighted by Gasteiger charge is -2.50. The molecule has 12 rings (SSSR count). The molecule has 0 fully saturated rings. The van der Waals surface area contributed by atoms with Crippen LogP contribution in [0.15, 0.2) is 91.0 Å². The van der Waals surface area contributed by atoms with Gasteiger partial charge >= 0.3 is 0 Å². The molecule has 0 saturated carbocycles. The maximum absolute atomic E-state index is 2.82. The van der Waals surface area contributed by atoms with Gasteiger partial charge in [-0.05, 0) is 207 Å². The fourth-order valence-corrected chi connectivity index (χ4v) is 15.6. The van der Waals surface area contributed by atoms with Crippen molar-refractivity contribution in [3.63, 3.8) is 0 Å². The molecule has 0 unspecified atom stereocenters. The van der Waals surface area contributed by atoms with Gasteiger partial charge in [0, 0.05) is 33.9 Å². The smallest absolute Gasteiger partial charge is 0.252 e. The lowest BCUT2D eigenvalue weighted by Crippen LogP contribution is -2.62. The normalized spacial score (nSPS) is 21.3. The van der Waals surface area contributed by atoms with Crippen LogP contribution >= 0.6 is 0 Å². The van der Waals surface area contributed by atoms with Gasteiger partial charge in [0.2, 0.25) is 0 Å². The molecule has 0 bridgehead atoms. The predicted molar refractivity (Wildman–Crippen MR) is 321 cm³/mol. The molecule has 2 heterocycles. The monoisotopic (exact) mass is 979 g/mol. The summed E-state index contributed by atoms with van der Waals surface area (Å²) in [5.74, 6) is 0. The van der Waals surface area contributed by atoms with Gasteiger partial charge < -0.3 is 9.80 Å². The summed E-state index contributed by atoms with van der Waals surface area (Å²) in [4.78, 5) is 5.60. The standard InChI is InChI=1S/C71H87BN2/c1-63(2,3)42-35-58-62-59(36-42)74(55-28-26-45-44-23-21-22-24-46(44)71(19,20)60(45)61(55)64(4,5)6)57-41-52-50(68(13,14)32-34-70(52,17)18)39-54(57)72(62)53-38-49-51(69(15,16)33-31-67(49,11)12)40-56(53)73(58)43-25-27-47-48(37-43)66(9,10)30-29-65(47,7)8/h21-28,35-41H,29-34H2,1-20H3. The van der Waals surface area contributed by atoms with Gasteiger partial charge in [0.1, 0.15) is 0 Å². The van der Waals surface area contributed by atoms with Crippen LogP contribution in [0.4, 0.5) is 34.1 Å². The number of fused-ring (bicyclic) bond motifs is 10. The molecule has 3 heteroatoms. The highest BCUT2D eigenvalue weighted by Crippen LogP contribution is 2.59. The number of hydrogen-bond acceptors (Lipinski definition) is 2. The van der Waals surface area contributed by atoms with Crippen LogP contribution in [0, 0.1) is 0 Å². The summed E-state index contributed by atoms with van der Waals surface area (Å²) in [7, 11) is 0. The Morgan fingerprint density at radius 1 is 0.378 bits per heavy atom. The molecule has 0 spiro atoms. The Morgan fingerprint density at radius 2 is 0.824 bits per heavy atom. The molecule has 6 aromatic carbocycles. The summed E-state index contributed by atoms with van der Waals surface area (Å²) in [6, 6.07) is 38.2. The first-order valence-electron chi connectivity index (χ1n) is 28.8. The second-order valence-corrected chi connectivity index (χ2v) is 31.0. The van der Waals surface area contributed by atoms with Gasteiger partial charge in [0.25, 0.3) is 6.71 Å². The first kappa shape index (κ1) is 49.8. The molecule has 0 saturated heterocycles. The van der Waals surface area contributed by atoms with E-state index in [9.17, 15) is 0 Å². The molecule has 74 heavy (non-hydrogen) atoms. The van der Waals surface area contributed by atoms with Crippen LogP contribution in [0.5, 0.6) is 0 Å². The Bertz CT molecular complexity index is 3410. The molecule has 4 aliphatic carbocycles. The fourth-order valence-electron chi connectivity index (χ4n) is 15.6. The van der Waals surface area contributed by atoms with E-state index in [1.807, 2.05) is 0 Å². The van der Waals surface area contributed by atoms with E-state index in [0.717, 1.165) is 0 Å². The van der Waals surface area contributed by atoms with Crippen molar-refractivity contribution in [2.45, 2.75) is 226 Å². The van der Waals surface area contributed by atoms with Crippen LogP contribution < -0.4 is 26.2 Å². The van der Waals surface area contributed by atoms with Crippen molar-refractivity contribution < 1.29 is 0 Å². The zero-order valence-electron chi connectivity index (χ0n) is 49.4. The molecule has 0 amide bonds. The molecule has 0 atom stereocenters. The highest BCUT2D eigenvalue weighted by atomic mass is 15.2. The second kappa shape index (κ2) is 15.1. The number of nitrogens with zero attached hydrogens (tertiary/aromatic N) is 2. The van der Waals surface area contributed by atoms with Gasteiger partial charge in [0.15, 0.2) is 0 Å². The summed E-state index contributed by atoms with van der Waals surface area (Å²) in [6.07, 6.45) is 7.10. The van der Waals surface area contributed by atoms with Crippen LogP contribution in [0.2, 0.25) is 0 Å². The zero-order valence-corrected chi connectivity index (χ0v) is 49.4. The van der Waals surface area contributed by atoms with E-state index in [-0.39, 0.29) is 55.4 Å². The Balaban J connectivity index is 1.26. The lowest BCUT2D eigenvalue weighted by atomic mass is 9.32. The van der Waals surface area contributed by atoms with E-state index in [0.29, 0.717) is 0 Å². The van der Waals surface area contributed by atoms with E-state index < -0.39 is 0 Å². The number of hydrogen-bond donors (Lipinski definition) is 0. The average molecular weight is 979 g/mol. The van der Waals surface area contributed by atoms with Crippen molar-refractivity contribution in [1.82, 2.24) is 0 Å². The van der Waals surface area contributed by atoms with Crippen LogP contribution in [-0.4, -0.2) is 6.71 Å². The van der Waals surface area contributed by atoms with Crippen molar-refractivity contribution in [3.05, 3.63) is 147 Å². The Labute approximate surface area is 448 Å². The Kier molecular flexibility index (Phi) is 10.2. The molecule has 0 radical (unpaired) electrons. The van der Waals surface area contributed by atoms with Crippen molar-refractivity contribution >= 4 is 57.2 Å². The minimum Gasteiger partial charge on any atom is -0.311 e. The Morgan fingerprint density at radius 3 is 1.32 bits per heavy atom. The van der Waals surface area contributed by atoms with Gasteiger partial charge in [-0.25, -0.2) is 0 Å². The van der Waals surface area contributed by atoms with E-state index in [4.69, 9.17) is 0 Å². The number of rotatable bonds is 2. The summed E-state index contributed by atoms with van der Waals surface area (Å²) in [5, 5.41) is 0. The minimum atomic E-state index is -0.176. The first-order chi connectivity index (χ1) is 34.2. The second-order valence-electron chi connectivity index (χ2n) is 31.0. The zero-order chi connectivity index (χ0) is 53.2. The molecule has 2 aliphatic heterocycles. The number of anilines is 6. The van der Waals surface area contributed by atoms with Crippen LogP contribution in [0.25, 0.3) is 11.1 Å². The van der Waals surface area contributed by atoms with Crippen molar-refractivity contribution in [3.8, 4) is 11.1 Å². The van der Waals surface area contributed by atoms with Gasteiger partial charge in [-0.3, -0.25) is 0 Å². The highest BCUT2D eigenvalue weighted by Gasteiger charge is 2.51. The molecule has 6 aliphatic rings. The average Bonchev–Trinajstić information content (AvgIpc) is 3.54. The fraction of sp³-hybridized carbons (Fsp3) is 0.493. The molecule has 6 aromatic rings. The van der Waals surface area contributed by atoms with E-state index >= 15 is 0 Å². The minimum absolute atomic E-state index is 0.0312. The predicted octanol–water partition coefficient (Wildman–Crippen LogP) is 17.7. The molecular weight excluding hydrogens is 892 g/mol. The third-order valence-corrected chi connectivity index (χ3v) is 20.7. The summed E-state index contributed by atoms with van der Waals surface area (Å²) >= 11 is 0. The summed E-state index contributed by atoms with van der Waals surface area (Å²) in [6.45, 7) is 49.8. The largest absolute Gasteiger partial charge is 0.311 e. The molecule has 0 N–H and O–H groups in total. The molecule has 2 nitrogen and oxygen atoms in total. The SMILES string of the molecule is CC(C)(C)c1cc2c3c(c1)N(c1ccc4c(c1C(C)(C)C)C(C)(C)c1ccccc1-4)c1cc4c(cc1B3c1cc3c(cc1N2c1ccc2c(c1)C(C)(C)CCC2(C)C)C(C)(C)CCC3(C)C)C(C)(C)CCC4(C)C. The van der Waals surface area contributed by atoms with Gasteiger partial charge in [-0.15, -0.1) is 0 Å². The highest BCUT2D eigenvalue weighted by molar-refractivity contribution is 7.00. The molecular formula is C71H87BN2. The maximum Gasteiger partial charge on any atom is 0.252 e. The van der Waals surface area contributed by atoms with E-state index in [1.165, 1.54) is 156 Å². The van der Waals surface area contributed by atoms with Crippen LogP contribution in [0.1, 0.15) is 233 Å². The van der Waals surface area contributed by atoms with E-state index in [1.54, 1.807) is 0 Å². The van der Waals surface area contributed by atoms with Crippen molar-refractivity contribution in [2.24, 2.45) is 0 Å².